The van der Waals surface area contributed by atoms with E-state index in [9.17, 15) is 9.59 Å². The van der Waals surface area contributed by atoms with E-state index in [0.29, 0.717) is 23.6 Å². The van der Waals surface area contributed by atoms with E-state index in [1.807, 2.05) is 54.6 Å². The number of hydrogen-bond acceptors (Lipinski definition) is 4. The number of anilines is 1. The summed E-state index contributed by atoms with van der Waals surface area (Å²) >= 11 is 0. The minimum absolute atomic E-state index is 0.220. The van der Waals surface area contributed by atoms with Crippen LogP contribution < -0.4 is 10.1 Å². The van der Waals surface area contributed by atoms with Crippen LogP contribution in [0, 0.1) is 0 Å². The van der Waals surface area contributed by atoms with Gasteiger partial charge in [-0.05, 0) is 63.5 Å². The Kier molecular flexibility index (Phi) is 6.14. The Labute approximate surface area is 202 Å². The molecule has 0 atom stereocenters. The molecule has 1 N–H and O–H groups in total. The van der Waals surface area contributed by atoms with Gasteiger partial charge in [-0.15, -0.1) is 0 Å². The molecule has 0 aromatic heterocycles. The summed E-state index contributed by atoms with van der Waals surface area (Å²) in [5, 5.41) is 7.14. The van der Waals surface area contributed by atoms with Crippen molar-refractivity contribution in [2.24, 2.45) is 0 Å². The number of fused-ring (bicyclic) bond motifs is 2. The van der Waals surface area contributed by atoms with Gasteiger partial charge < -0.3 is 14.8 Å². The molecule has 0 bridgehead atoms. The molecule has 0 saturated carbocycles. The third-order valence-electron chi connectivity index (χ3n) is 5.88. The smallest absolute Gasteiger partial charge is 0.340 e. The van der Waals surface area contributed by atoms with Crippen LogP contribution in [0.25, 0.3) is 21.5 Å². The molecule has 172 valence electrons. The molecule has 5 aromatic carbocycles. The van der Waals surface area contributed by atoms with Gasteiger partial charge in [-0.1, -0.05) is 66.7 Å². The first-order chi connectivity index (χ1) is 17.1. The summed E-state index contributed by atoms with van der Waals surface area (Å²) in [5.74, 6) is -0.372. The molecule has 0 fully saturated rings. The summed E-state index contributed by atoms with van der Waals surface area (Å²) in [4.78, 5) is 25.4. The minimum atomic E-state index is -0.560. The zero-order chi connectivity index (χ0) is 24.2. The van der Waals surface area contributed by atoms with Crippen LogP contribution in [0.2, 0.25) is 0 Å². The number of amides is 1. The fourth-order valence-electron chi connectivity index (χ4n) is 4.02. The van der Waals surface area contributed by atoms with E-state index in [0.717, 1.165) is 27.1 Å². The Morgan fingerprint density at radius 1 is 0.714 bits per heavy atom. The number of hydrogen-bond donors (Lipinski definition) is 1. The predicted octanol–water partition coefficient (Wildman–Crippen LogP) is 6.61. The summed E-state index contributed by atoms with van der Waals surface area (Å²) in [5.41, 5.74) is 2.08. The lowest BCUT2D eigenvalue weighted by Crippen LogP contribution is -2.15. The van der Waals surface area contributed by atoms with Crippen LogP contribution in [-0.4, -0.2) is 19.0 Å². The molecule has 5 heteroatoms. The van der Waals surface area contributed by atoms with Gasteiger partial charge in [0, 0.05) is 5.56 Å². The van der Waals surface area contributed by atoms with Crippen molar-refractivity contribution < 1.29 is 19.1 Å². The number of methoxy groups -OCH3 is 1. The minimum Gasteiger partial charge on any atom is -0.489 e. The van der Waals surface area contributed by atoms with Crippen molar-refractivity contribution >= 4 is 39.1 Å². The highest BCUT2D eigenvalue weighted by molar-refractivity contribution is 6.09. The van der Waals surface area contributed by atoms with Gasteiger partial charge in [-0.2, -0.15) is 0 Å². The molecule has 0 aliphatic carbocycles. The highest BCUT2D eigenvalue weighted by atomic mass is 16.5. The van der Waals surface area contributed by atoms with Crippen LogP contribution in [0.15, 0.2) is 103 Å². The van der Waals surface area contributed by atoms with Crippen LogP contribution >= 0.6 is 0 Å². The maximum absolute atomic E-state index is 12.9. The molecule has 5 aromatic rings. The maximum Gasteiger partial charge on any atom is 0.340 e. The fraction of sp³-hybridized carbons (Fsp3) is 0.0667. The van der Waals surface area contributed by atoms with Crippen LogP contribution in [0.1, 0.15) is 26.3 Å². The van der Waals surface area contributed by atoms with Crippen molar-refractivity contribution in [2.75, 3.05) is 12.4 Å². The topological polar surface area (TPSA) is 64.6 Å². The molecule has 35 heavy (non-hydrogen) atoms. The highest BCUT2D eigenvalue weighted by Gasteiger charge is 2.17. The Bertz CT molecular complexity index is 1560. The first kappa shape index (κ1) is 22.2. The summed E-state index contributed by atoms with van der Waals surface area (Å²) in [6, 6.07) is 32.5. The molecule has 0 saturated heterocycles. The lowest BCUT2D eigenvalue weighted by atomic mass is 10.1. The molecule has 0 heterocycles. The maximum atomic E-state index is 12.9. The van der Waals surface area contributed by atoms with Gasteiger partial charge in [-0.25, -0.2) is 4.79 Å². The fourth-order valence-corrected chi connectivity index (χ4v) is 4.02. The zero-order valence-corrected chi connectivity index (χ0v) is 19.2. The third-order valence-corrected chi connectivity index (χ3v) is 5.88. The van der Waals surface area contributed by atoms with E-state index in [-0.39, 0.29) is 11.5 Å². The molecule has 1 amide bonds. The molecule has 0 unspecified atom stereocenters. The number of rotatable bonds is 6. The average Bonchev–Trinajstić information content (AvgIpc) is 2.91. The molecule has 0 radical (unpaired) electrons. The zero-order valence-electron chi connectivity index (χ0n) is 19.2. The number of ether oxygens (including phenoxy) is 2. The molecule has 5 nitrogen and oxygen atoms in total. The van der Waals surface area contributed by atoms with E-state index in [4.69, 9.17) is 9.47 Å². The molecule has 0 spiro atoms. The van der Waals surface area contributed by atoms with Gasteiger partial charge in [0.2, 0.25) is 0 Å². The molecule has 0 aliphatic rings. The van der Waals surface area contributed by atoms with Crippen LogP contribution in [0.5, 0.6) is 5.75 Å². The van der Waals surface area contributed by atoms with Crippen molar-refractivity contribution in [1.82, 2.24) is 0 Å². The summed E-state index contributed by atoms with van der Waals surface area (Å²) in [6.45, 7) is 0.342. The van der Waals surface area contributed by atoms with Crippen molar-refractivity contribution in [2.45, 2.75) is 6.61 Å². The molecular weight excluding hydrogens is 438 g/mol. The lowest BCUT2D eigenvalue weighted by molar-refractivity contribution is 0.0601. The first-order valence-corrected chi connectivity index (χ1v) is 11.2. The van der Waals surface area contributed by atoms with Gasteiger partial charge >= 0.3 is 5.97 Å². The summed E-state index contributed by atoms with van der Waals surface area (Å²) in [7, 11) is 1.31. The SMILES string of the molecule is COC(=O)c1cc(OCc2ccc3ccccc3c2)ccc1NC(=O)c1ccc2ccccc2c1. The van der Waals surface area contributed by atoms with Crippen molar-refractivity contribution in [1.29, 1.82) is 0 Å². The number of esters is 1. The summed E-state index contributed by atoms with van der Waals surface area (Å²) in [6.07, 6.45) is 0. The van der Waals surface area contributed by atoms with Gasteiger partial charge in [0.25, 0.3) is 5.91 Å². The molecular formula is C30H23NO4. The van der Waals surface area contributed by atoms with Crippen LogP contribution in [0.4, 0.5) is 5.69 Å². The quantitative estimate of drug-likeness (QED) is 0.289. The number of nitrogens with one attached hydrogen (secondary N) is 1. The van der Waals surface area contributed by atoms with E-state index >= 15 is 0 Å². The number of carbonyl (C=O) groups excluding carboxylic acids is 2. The standard InChI is InChI=1S/C30H23NO4/c1-34-30(33)27-18-26(35-19-20-10-11-21-6-2-4-8-23(21)16-20)14-15-28(27)31-29(32)25-13-12-22-7-3-5-9-24(22)17-25/h2-18H,19H2,1H3,(H,31,32). The second-order valence-electron chi connectivity index (χ2n) is 8.19. The number of benzene rings is 5. The largest absolute Gasteiger partial charge is 0.489 e. The first-order valence-electron chi connectivity index (χ1n) is 11.2. The molecule has 5 rings (SSSR count). The summed E-state index contributed by atoms with van der Waals surface area (Å²) < 4.78 is 10.9. The van der Waals surface area contributed by atoms with E-state index < -0.39 is 5.97 Å². The Morgan fingerprint density at radius 2 is 1.37 bits per heavy atom. The van der Waals surface area contributed by atoms with E-state index in [1.165, 1.54) is 7.11 Å². The predicted molar refractivity (Wildman–Crippen MR) is 138 cm³/mol. The lowest BCUT2D eigenvalue weighted by Gasteiger charge is -2.13. The molecule has 0 aliphatic heterocycles. The Morgan fingerprint density at radius 3 is 2.09 bits per heavy atom. The van der Waals surface area contributed by atoms with Gasteiger partial charge in [0.05, 0.1) is 18.4 Å². The van der Waals surface area contributed by atoms with Crippen molar-refractivity contribution in [3.05, 3.63) is 120 Å². The number of carbonyl (C=O) groups is 2. The van der Waals surface area contributed by atoms with Crippen LogP contribution in [-0.2, 0) is 11.3 Å². The van der Waals surface area contributed by atoms with Crippen LogP contribution in [0.3, 0.4) is 0 Å². The Balaban J connectivity index is 1.35. The average molecular weight is 462 g/mol. The van der Waals surface area contributed by atoms with Crippen molar-refractivity contribution in [3.63, 3.8) is 0 Å². The monoisotopic (exact) mass is 461 g/mol. The van der Waals surface area contributed by atoms with Gasteiger partial charge in [0.15, 0.2) is 0 Å². The van der Waals surface area contributed by atoms with Gasteiger partial charge in [0.1, 0.15) is 12.4 Å². The normalized spacial score (nSPS) is 10.8. The van der Waals surface area contributed by atoms with Gasteiger partial charge in [-0.3, -0.25) is 4.79 Å². The third kappa shape index (κ3) is 4.84. The highest BCUT2D eigenvalue weighted by Crippen LogP contribution is 2.26. The Hall–Kier alpha value is -4.64. The van der Waals surface area contributed by atoms with Crippen molar-refractivity contribution in [3.8, 4) is 5.75 Å². The van der Waals surface area contributed by atoms with E-state index in [1.54, 1.807) is 24.3 Å². The van der Waals surface area contributed by atoms with E-state index in [2.05, 4.69) is 29.6 Å². The second-order valence-corrected chi connectivity index (χ2v) is 8.19. The second kappa shape index (κ2) is 9.69.